The van der Waals surface area contributed by atoms with Crippen LogP contribution >= 0.6 is 11.8 Å². The monoisotopic (exact) mass is 450 g/mol. The van der Waals surface area contributed by atoms with Gasteiger partial charge in [-0.15, -0.1) is 10.2 Å². The second-order valence-electron chi connectivity index (χ2n) is 6.48. The Morgan fingerprint density at radius 2 is 1.94 bits per heavy atom. The maximum atomic E-state index is 14.0. The normalized spacial score (nSPS) is 10.7. The number of nitrogens with zero attached hydrogens (tertiary/aromatic N) is 5. The summed E-state index contributed by atoms with van der Waals surface area (Å²) in [6.45, 7) is 0. The van der Waals surface area contributed by atoms with Gasteiger partial charge in [0, 0.05) is 35.8 Å². The van der Waals surface area contributed by atoms with Crippen molar-refractivity contribution in [3.63, 3.8) is 0 Å². The highest BCUT2D eigenvalue weighted by atomic mass is 32.2. The van der Waals surface area contributed by atoms with Crippen LogP contribution in [0.25, 0.3) is 17.1 Å². The van der Waals surface area contributed by atoms with Crippen LogP contribution in [-0.2, 0) is 4.79 Å². The Hall–Kier alpha value is -4.12. The summed E-state index contributed by atoms with van der Waals surface area (Å²) in [6, 6.07) is 16.0. The lowest BCUT2D eigenvalue weighted by atomic mass is 10.2. The fourth-order valence-electron chi connectivity index (χ4n) is 2.89. The van der Waals surface area contributed by atoms with Crippen LogP contribution in [0.15, 0.2) is 78.2 Å². The Kier molecular flexibility index (Phi) is 6.17. The molecule has 32 heavy (non-hydrogen) atoms. The highest BCUT2D eigenvalue weighted by Gasteiger charge is 2.18. The molecule has 1 N–H and O–H groups in total. The molecule has 2 aromatic heterocycles. The fraction of sp³-hybridized carbons (Fsp3) is 0.0476. The van der Waals surface area contributed by atoms with E-state index in [-0.39, 0.29) is 17.1 Å². The quantitative estimate of drug-likeness (QED) is 0.256. The van der Waals surface area contributed by atoms with Gasteiger partial charge in [-0.1, -0.05) is 30.0 Å². The Morgan fingerprint density at radius 3 is 2.66 bits per heavy atom. The van der Waals surface area contributed by atoms with Gasteiger partial charge in [0.15, 0.2) is 11.0 Å². The molecule has 0 fully saturated rings. The largest absolute Gasteiger partial charge is 0.323 e. The van der Waals surface area contributed by atoms with E-state index < -0.39 is 16.6 Å². The summed E-state index contributed by atoms with van der Waals surface area (Å²) >= 11 is 1.10. The fourth-order valence-corrected chi connectivity index (χ4v) is 3.65. The summed E-state index contributed by atoms with van der Waals surface area (Å²) in [4.78, 5) is 26.8. The minimum atomic E-state index is -0.764. The number of hydrogen-bond donors (Lipinski definition) is 1. The van der Waals surface area contributed by atoms with Crippen LogP contribution in [0.3, 0.4) is 0 Å². The first-order valence-electron chi connectivity index (χ1n) is 9.31. The molecule has 160 valence electrons. The number of halogens is 1. The van der Waals surface area contributed by atoms with Gasteiger partial charge in [-0.3, -0.25) is 24.5 Å². The summed E-state index contributed by atoms with van der Waals surface area (Å²) in [5.41, 5.74) is 0.965. The highest BCUT2D eigenvalue weighted by molar-refractivity contribution is 7.99. The maximum Gasteiger partial charge on any atom is 0.271 e. The molecule has 4 rings (SSSR count). The van der Waals surface area contributed by atoms with Crippen molar-refractivity contribution in [2.24, 2.45) is 0 Å². The minimum absolute atomic E-state index is 0.111. The SMILES string of the molecule is O=C(CSc1nnc(-c2cccnc2)n1-c1ccccc1)Nc1cc([N+](=O)[O-])ccc1F. The topological polar surface area (TPSA) is 116 Å². The number of carbonyl (C=O) groups is 1. The third kappa shape index (κ3) is 4.62. The smallest absolute Gasteiger partial charge is 0.271 e. The van der Waals surface area contributed by atoms with Gasteiger partial charge >= 0.3 is 0 Å². The standard InChI is InChI=1S/C21H15FN6O3S/c22-17-9-8-16(28(30)31)11-18(17)24-19(29)13-32-21-26-25-20(14-5-4-10-23-12-14)27(21)15-6-2-1-3-7-15/h1-12H,13H2,(H,24,29). The lowest BCUT2D eigenvalue weighted by molar-refractivity contribution is -0.384. The zero-order valence-corrected chi connectivity index (χ0v) is 17.2. The van der Waals surface area contributed by atoms with Crippen LogP contribution in [0.2, 0.25) is 0 Å². The molecule has 4 aromatic rings. The second kappa shape index (κ2) is 9.35. The predicted octanol–water partition coefficient (Wildman–Crippen LogP) is 4.11. The number of carbonyl (C=O) groups excluding carboxylic acids is 1. The van der Waals surface area contributed by atoms with Crippen molar-refractivity contribution in [1.82, 2.24) is 19.7 Å². The number of thioether (sulfide) groups is 1. The van der Waals surface area contributed by atoms with Crippen LogP contribution in [0.4, 0.5) is 15.8 Å². The van der Waals surface area contributed by atoms with Crippen molar-refractivity contribution >= 4 is 29.0 Å². The van der Waals surface area contributed by atoms with Crippen molar-refractivity contribution < 1.29 is 14.1 Å². The third-order valence-electron chi connectivity index (χ3n) is 4.33. The molecule has 0 aliphatic rings. The average Bonchev–Trinajstić information content (AvgIpc) is 3.24. The van der Waals surface area contributed by atoms with Gasteiger partial charge in [0.05, 0.1) is 16.4 Å². The van der Waals surface area contributed by atoms with Crippen LogP contribution in [-0.4, -0.2) is 36.3 Å². The van der Waals surface area contributed by atoms with Crippen molar-refractivity contribution in [2.75, 3.05) is 11.1 Å². The minimum Gasteiger partial charge on any atom is -0.323 e. The molecule has 0 atom stereocenters. The summed E-state index contributed by atoms with van der Waals surface area (Å²) < 4.78 is 15.8. The maximum absolute atomic E-state index is 14.0. The van der Waals surface area contributed by atoms with Crippen LogP contribution < -0.4 is 5.32 Å². The Bertz CT molecular complexity index is 1270. The summed E-state index contributed by atoms with van der Waals surface area (Å²) in [5.74, 6) is -0.864. The molecule has 1 amide bonds. The van der Waals surface area contributed by atoms with E-state index in [1.54, 1.807) is 23.0 Å². The molecule has 11 heteroatoms. The van der Waals surface area contributed by atoms with E-state index in [4.69, 9.17) is 0 Å². The molecule has 0 aliphatic carbocycles. The number of non-ortho nitro benzene ring substituents is 1. The van der Waals surface area contributed by atoms with E-state index in [1.807, 2.05) is 36.4 Å². The Morgan fingerprint density at radius 1 is 1.12 bits per heavy atom. The van der Waals surface area contributed by atoms with E-state index in [0.717, 1.165) is 41.2 Å². The van der Waals surface area contributed by atoms with E-state index in [0.29, 0.717) is 11.0 Å². The Labute approximate surface area is 185 Å². The van der Waals surface area contributed by atoms with Crippen LogP contribution in [0, 0.1) is 15.9 Å². The number of aromatic nitrogens is 4. The number of anilines is 1. The number of rotatable bonds is 7. The van der Waals surface area contributed by atoms with E-state index >= 15 is 0 Å². The molecule has 0 bridgehead atoms. The van der Waals surface area contributed by atoms with Crippen molar-refractivity contribution in [1.29, 1.82) is 0 Å². The molecule has 0 radical (unpaired) electrons. The number of para-hydroxylation sites is 1. The first-order valence-corrected chi connectivity index (χ1v) is 10.3. The van der Waals surface area contributed by atoms with Gasteiger partial charge in [0.1, 0.15) is 5.82 Å². The summed E-state index contributed by atoms with van der Waals surface area (Å²) in [6.07, 6.45) is 3.31. The van der Waals surface area contributed by atoms with Gasteiger partial charge in [-0.25, -0.2) is 4.39 Å². The second-order valence-corrected chi connectivity index (χ2v) is 7.42. The number of amides is 1. The van der Waals surface area contributed by atoms with Gasteiger partial charge in [0.2, 0.25) is 5.91 Å². The molecular formula is C21H15FN6O3S. The number of pyridine rings is 1. The Balaban J connectivity index is 1.56. The van der Waals surface area contributed by atoms with Gasteiger partial charge in [-0.2, -0.15) is 0 Å². The van der Waals surface area contributed by atoms with Gasteiger partial charge < -0.3 is 5.32 Å². The molecule has 0 spiro atoms. The summed E-state index contributed by atoms with van der Waals surface area (Å²) in [7, 11) is 0. The number of nitro benzene ring substituents is 1. The molecule has 0 aliphatic heterocycles. The molecule has 2 aromatic carbocycles. The zero-order valence-electron chi connectivity index (χ0n) is 16.4. The highest BCUT2D eigenvalue weighted by Crippen LogP contribution is 2.28. The molecule has 0 saturated heterocycles. The lowest BCUT2D eigenvalue weighted by Crippen LogP contribution is -2.15. The number of nitrogens with one attached hydrogen (secondary N) is 1. The molecule has 9 nitrogen and oxygen atoms in total. The number of hydrogen-bond acceptors (Lipinski definition) is 7. The lowest BCUT2D eigenvalue weighted by Gasteiger charge is -2.10. The third-order valence-corrected chi connectivity index (χ3v) is 5.26. The van der Waals surface area contributed by atoms with Gasteiger partial charge in [0.25, 0.3) is 5.69 Å². The van der Waals surface area contributed by atoms with E-state index in [2.05, 4.69) is 20.5 Å². The predicted molar refractivity (Wildman–Crippen MR) is 117 cm³/mol. The molecule has 0 saturated carbocycles. The summed E-state index contributed by atoms with van der Waals surface area (Å²) in [5, 5.41) is 22.2. The van der Waals surface area contributed by atoms with E-state index in [1.165, 1.54) is 0 Å². The number of benzene rings is 2. The van der Waals surface area contributed by atoms with Crippen LogP contribution in [0.1, 0.15) is 0 Å². The average molecular weight is 450 g/mol. The van der Waals surface area contributed by atoms with E-state index in [9.17, 15) is 19.3 Å². The first-order chi connectivity index (χ1) is 15.5. The molecular weight excluding hydrogens is 435 g/mol. The van der Waals surface area contributed by atoms with Crippen molar-refractivity contribution in [2.45, 2.75) is 5.16 Å². The van der Waals surface area contributed by atoms with Gasteiger partial charge in [-0.05, 0) is 30.3 Å². The van der Waals surface area contributed by atoms with Crippen molar-refractivity contribution in [3.05, 3.63) is 89.0 Å². The van der Waals surface area contributed by atoms with Crippen LogP contribution in [0.5, 0.6) is 0 Å². The number of nitro groups is 1. The zero-order chi connectivity index (χ0) is 22.5. The first kappa shape index (κ1) is 21.1. The molecule has 0 unspecified atom stereocenters. The molecule has 2 heterocycles. The van der Waals surface area contributed by atoms with Crippen molar-refractivity contribution in [3.8, 4) is 17.1 Å².